The summed E-state index contributed by atoms with van der Waals surface area (Å²) in [5, 5.41) is 1.16. The molecule has 5 nitrogen and oxygen atoms in total. The number of primary amides is 1. The lowest BCUT2D eigenvalue weighted by Crippen LogP contribution is -2.45. The minimum Gasteiger partial charge on any atom is -0.381 e. The van der Waals surface area contributed by atoms with Gasteiger partial charge >= 0.3 is 0 Å². The lowest BCUT2D eigenvalue weighted by molar-refractivity contribution is -0.127. The summed E-state index contributed by atoms with van der Waals surface area (Å²) in [4.78, 5) is 18.9. The van der Waals surface area contributed by atoms with E-state index in [-0.39, 0.29) is 5.91 Å². The third kappa shape index (κ3) is 3.18. The standard InChI is InChI=1S/C23H21N3O2S/c24-22(27)23(8-12-28-13-9-23)17-2-1-3-18(15-17)29-19-5-6-20-16(14-19)4-7-21-25-10-11-26(20)21/h1-7,10-11,14-15H,8-9,12-13H2,(H2,24,27). The molecular weight excluding hydrogens is 382 g/mol. The van der Waals surface area contributed by atoms with Crippen LogP contribution in [0, 0.1) is 0 Å². The van der Waals surface area contributed by atoms with E-state index in [2.05, 4.69) is 45.8 Å². The molecule has 0 spiro atoms. The van der Waals surface area contributed by atoms with Crippen molar-refractivity contribution >= 4 is 34.2 Å². The van der Waals surface area contributed by atoms with Gasteiger partial charge in [-0.15, -0.1) is 0 Å². The summed E-state index contributed by atoms with van der Waals surface area (Å²) in [5.41, 5.74) is 8.25. The maximum Gasteiger partial charge on any atom is 0.228 e. The van der Waals surface area contributed by atoms with Gasteiger partial charge in [-0.25, -0.2) is 4.98 Å². The summed E-state index contributed by atoms with van der Waals surface area (Å²) >= 11 is 1.69. The molecular formula is C23H21N3O2S. The van der Waals surface area contributed by atoms with Gasteiger partial charge in [-0.1, -0.05) is 23.9 Å². The Bertz CT molecular complexity index is 1210. The molecule has 5 rings (SSSR count). The summed E-state index contributed by atoms with van der Waals surface area (Å²) in [6.45, 7) is 1.13. The van der Waals surface area contributed by atoms with Crippen LogP contribution < -0.4 is 5.73 Å². The number of hydrogen-bond acceptors (Lipinski definition) is 4. The van der Waals surface area contributed by atoms with Crippen molar-refractivity contribution in [1.82, 2.24) is 9.38 Å². The molecule has 146 valence electrons. The maximum atomic E-state index is 12.3. The van der Waals surface area contributed by atoms with Crippen LogP contribution in [0.3, 0.4) is 0 Å². The van der Waals surface area contributed by atoms with Gasteiger partial charge < -0.3 is 10.5 Å². The first-order valence-electron chi connectivity index (χ1n) is 9.68. The number of carbonyl (C=O) groups excluding carboxylic acids is 1. The smallest absolute Gasteiger partial charge is 0.228 e. The second-order valence-electron chi connectivity index (χ2n) is 7.40. The summed E-state index contributed by atoms with van der Waals surface area (Å²) in [6, 6.07) is 18.8. The van der Waals surface area contributed by atoms with Gasteiger partial charge in [0.1, 0.15) is 5.65 Å². The van der Waals surface area contributed by atoms with Crippen molar-refractivity contribution in [2.45, 2.75) is 28.0 Å². The predicted molar refractivity (Wildman–Crippen MR) is 114 cm³/mol. The topological polar surface area (TPSA) is 69.6 Å². The Morgan fingerprint density at radius 3 is 2.72 bits per heavy atom. The zero-order valence-corrected chi connectivity index (χ0v) is 16.7. The van der Waals surface area contributed by atoms with Gasteiger partial charge in [0, 0.05) is 35.4 Å². The van der Waals surface area contributed by atoms with E-state index in [4.69, 9.17) is 10.5 Å². The van der Waals surface area contributed by atoms with Crippen molar-refractivity contribution in [2.24, 2.45) is 5.73 Å². The van der Waals surface area contributed by atoms with Crippen LogP contribution in [0.5, 0.6) is 0 Å². The largest absolute Gasteiger partial charge is 0.381 e. The van der Waals surface area contributed by atoms with E-state index in [1.165, 1.54) is 0 Å². The highest BCUT2D eigenvalue weighted by Crippen LogP contribution is 2.38. The Hall–Kier alpha value is -2.83. The van der Waals surface area contributed by atoms with Gasteiger partial charge in [0.2, 0.25) is 5.91 Å². The molecule has 0 saturated carbocycles. The number of nitrogens with zero attached hydrogens (tertiary/aromatic N) is 2. The summed E-state index contributed by atoms with van der Waals surface area (Å²) in [5.74, 6) is -0.266. The fourth-order valence-electron chi connectivity index (χ4n) is 4.15. The summed E-state index contributed by atoms with van der Waals surface area (Å²) < 4.78 is 7.56. The minimum atomic E-state index is -0.634. The van der Waals surface area contributed by atoms with Crippen LogP contribution in [0.15, 0.2) is 76.8 Å². The highest BCUT2D eigenvalue weighted by atomic mass is 32.2. The Morgan fingerprint density at radius 2 is 1.90 bits per heavy atom. The normalized spacial score (nSPS) is 16.3. The molecule has 2 aromatic heterocycles. The van der Waals surface area contributed by atoms with Gasteiger partial charge in [-0.2, -0.15) is 0 Å². The van der Waals surface area contributed by atoms with Crippen LogP contribution in [-0.2, 0) is 14.9 Å². The van der Waals surface area contributed by atoms with Gasteiger partial charge in [-0.05, 0) is 66.3 Å². The molecule has 2 N–H and O–H groups in total. The number of imidazole rings is 1. The average Bonchev–Trinajstić information content (AvgIpc) is 3.23. The van der Waals surface area contributed by atoms with Crippen molar-refractivity contribution < 1.29 is 9.53 Å². The number of aromatic nitrogens is 2. The SMILES string of the molecule is NC(=O)C1(c2cccc(Sc3ccc4c(ccc5nccn54)c3)c2)CCOCC1. The number of fused-ring (bicyclic) bond motifs is 3. The molecule has 6 heteroatoms. The number of carbonyl (C=O) groups is 1. The maximum absolute atomic E-state index is 12.3. The van der Waals surface area contributed by atoms with E-state index in [1.54, 1.807) is 11.8 Å². The molecule has 0 radical (unpaired) electrons. The zero-order chi connectivity index (χ0) is 19.8. The van der Waals surface area contributed by atoms with Crippen LogP contribution in [0.1, 0.15) is 18.4 Å². The summed E-state index contributed by atoms with van der Waals surface area (Å²) in [6.07, 6.45) is 5.06. The molecule has 1 amide bonds. The predicted octanol–water partition coefficient (Wildman–Crippen LogP) is 4.17. The van der Waals surface area contributed by atoms with E-state index in [0.717, 1.165) is 31.9 Å². The molecule has 1 aliphatic rings. The van der Waals surface area contributed by atoms with Crippen LogP contribution in [0.2, 0.25) is 0 Å². The molecule has 2 aromatic carbocycles. The highest BCUT2D eigenvalue weighted by Gasteiger charge is 2.40. The monoisotopic (exact) mass is 403 g/mol. The van der Waals surface area contributed by atoms with Gasteiger partial charge in [0.15, 0.2) is 0 Å². The fraction of sp³-hybridized carbons (Fsp3) is 0.217. The first-order chi connectivity index (χ1) is 14.2. The number of ether oxygens (including phenoxy) is 1. The average molecular weight is 404 g/mol. The molecule has 4 aromatic rings. The van der Waals surface area contributed by atoms with Crippen LogP contribution >= 0.6 is 11.8 Å². The number of rotatable bonds is 4. The van der Waals surface area contributed by atoms with E-state index in [1.807, 2.05) is 30.6 Å². The molecule has 0 aliphatic carbocycles. The molecule has 0 atom stereocenters. The first kappa shape index (κ1) is 18.2. The quantitative estimate of drug-likeness (QED) is 0.555. The lowest BCUT2D eigenvalue weighted by atomic mass is 9.73. The fourth-order valence-corrected chi connectivity index (χ4v) is 5.07. The number of nitrogens with two attached hydrogens (primary N) is 1. The number of hydrogen-bond donors (Lipinski definition) is 1. The Kier molecular flexibility index (Phi) is 4.53. The van der Waals surface area contributed by atoms with Crippen molar-refractivity contribution in [1.29, 1.82) is 0 Å². The summed E-state index contributed by atoms with van der Waals surface area (Å²) in [7, 11) is 0. The zero-order valence-electron chi connectivity index (χ0n) is 15.9. The van der Waals surface area contributed by atoms with Crippen molar-refractivity contribution in [3.05, 3.63) is 72.6 Å². The Labute approximate surface area is 172 Å². The third-order valence-corrected chi connectivity index (χ3v) is 6.76. The van der Waals surface area contributed by atoms with Crippen LogP contribution in [-0.4, -0.2) is 28.5 Å². The molecule has 1 saturated heterocycles. The second-order valence-corrected chi connectivity index (χ2v) is 8.54. The molecule has 0 bridgehead atoms. The van der Waals surface area contributed by atoms with Crippen LogP contribution in [0.4, 0.5) is 0 Å². The molecule has 3 heterocycles. The Morgan fingerprint density at radius 1 is 1.07 bits per heavy atom. The number of amides is 1. The molecule has 0 unspecified atom stereocenters. The van der Waals surface area contributed by atoms with E-state index >= 15 is 0 Å². The van der Waals surface area contributed by atoms with E-state index < -0.39 is 5.41 Å². The van der Waals surface area contributed by atoms with Crippen LogP contribution in [0.25, 0.3) is 16.6 Å². The van der Waals surface area contributed by atoms with E-state index in [0.29, 0.717) is 26.1 Å². The highest BCUT2D eigenvalue weighted by molar-refractivity contribution is 7.99. The van der Waals surface area contributed by atoms with E-state index in [9.17, 15) is 4.79 Å². The van der Waals surface area contributed by atoms with Crippen molar-refractivity contribution in [3.8, 4) is 0 Å². The molecule has 1 fully saturated rings. The first-order valence-corrected chi connectivity index (χ1v) is 10.5. The lowest BCUT2D eigenvalue weighted by Gasteiger charge is -2.34. The van der Waals surface area contributed by atoms with Gasteiger partial charge in [-0.3, -0.25) is 9.20 Å². The number of benzene rings is 2. The third-order valence-electron chi connectivity index (χ3n) is 5.78. The van der Waals surface area contributed by atoms with Gasteiger partial charge in [0.05, 0.1) is 10.9 Å². The van der Waals surface area contributed by atoms with Crippen molar-refractivity contribution in [3.63, 3.8) is 0 Å². The Balaban J connectivity index is 1.48. The number of pyridine rings is 1. The van der Waals surface area contributed by atoms with Crippen molar-refractivity contribution in [2.75, 3.05) is 13.2 Å². The second kappa shape index (κ2) is 7.21. The molecule has 1 aliphatic heterocycles. The van der Waals surface area contributed by atoms with Gasteiger partial charge in [0.25, 0.3) is 0 Å². The molecule has 29 heavy (non-hydrogen) atoms. The minimum absolute atomic E-state index is 0.266.